The van der Waals surface area contributed by atoms with Crippen LogP contribution in [0.2, 0.25) is 0 Å². The second kappa shape index (κ2) is 5.31. The van der Waals surface area contributed by atoms with E-state index in [1.165, 1.54) is 32.6 Å². The minimum absolute atomic E-state index is 0.426. The summed E-state index contributed by atoms with van der Waals surface area (Å²) in [7, 11) is 0. The Hall–Kier alpha value is -0.0800. The van der Waals surface area contributed by atoms with Crippen molar-refractivity contribution in [1.82, 2.24) is 10.2 Å². The van der Waals surface area contributed by atoms with Gasteiger partial charge in [0.2, 0.25) is 0 Å². The van der Waals surface area contributed by atoms with Crippen LogP contribution in [0.3, 0.4) is 0 Å². The van der Waals surface area contributed by atoms with E-state index >= 15 is 0 Å². The van der Waals surface area contributed by atoms with Gasteiger partial charge in [0.25, 0.3) is 0 Å². The van der Waals surface area contributed by atoms with Gasteiger partial charge in [-0.25, -0.2) is 0 Å². The zero-order valence-electron chi connectivity index (χ0n) is 11.1. The van der Waals surface area contributed by atoms with Crippen molar-refractivity contribution in [2.24, 2.45) is 11.3 Å². The van der Waals surface area contributed by atoms with Crippen molar-refractivity contribution in [2.45, 2.75) is 47.1 Å². The highest BCUT2D eigenvalue weighted by Gasteiger charge is 2.20. The zero-order valence-corrected chi connectivity index (χ0v) is 11.1. The molecule has 15 heavy (non-hydrogen) atoms. The Morgan fingerprint density at radius 1 is 1.27 bits per heavy atom. The molecule has 0 radical (unpaired) electrons. The Kier molecular flexibility index (Phi) is 4.60. The molecule has 1 heterocycles. The van der Waals surface area contributed by atoms with Gasteiger partial charge in [-0.1, -0.05) is 27.7 Å². The SMILES string of the molecule is CC1CNC(C)CCN(CC(C)(C)C)C1. The van der Waals surface area contributed by atoms with Crippen LogP contribution in [0.25, 0.3) is 0 Å². The molecule has 1 saturated heterocycles. The van der Waals surface area contributed by atoms with Crippen LogP contribution in [0.5, 0.6) is 0 Å². The molecule has 0 aromatic heterocycles. The molecule has 1 rings (SSSR count). The first-order chi connectivity index (χ1) is 6.87. The zero-order chi connectivity index (χ0) is 11.5. The second-order valence-corrected chi connectivity index (χ2v) is 6.50. The summed E-state index contributed by atoms with van der Waals surface area (Å²) in [5, 5.41) is 3.59. The summed E-state index contributed by atoms with van der Waals surface area (Å²) in [6.07, 6.45) is 1.28. The van der Waals surface area contributed by atoms with Crippen molar-refractivity contribution < 1.29 is 0 Å². The predicted molar refractivity (Wildman–Crippen MR) is 67.1 cm³/mol. The lowest BCUT2D eigenvalue weighted by molar-refractivity contribution is 0.150. The summed E-state index contributed by atoms with van der Waals surface area (Å²) in [5.41, 5.74) is 0.426. The highest BCUT2D eigenvalue weighted by Crippen LogP contribution is 2.17. The van der Waals surface area contributed by atoms with E-state index < -0.39 is 0 Å². The molecule has 2 atom stereocenters. The molecule has 0 spiro atoms. The molecule has 2 heteroatoms. The molecule has 0 aromatic carbocycles. The van der Waals surface area contributed by atoms with Crippen LogP contribution in [0.1, 0.15) is 41.0 Å². The largest absolute Gasteiger partial charge is 0.314 e. The van der Waals surface area contributed by atoms with E-state index in [0.29, 0.717) is 11.5 Å². The average molecular weight is 212 g/mol. The van der Waals surface area contributed by atoms with E-state index in [9.17, 15) is 0 Å². The third-order valence-electron chi connectivity index (χ3n) is 2.96. The minimum atomic E-state index is 0.426. The number of hydrogen-bond acceptors (Lipinski definition) is 2. The lowest BCUT2D eigenvalue weighted by Gasteiger charge is -2.35. The van der Waals surface area contributed by atoms with Crippen LogP contribution in [-0.2, 0) is 0 Å². The molecule has 0 bridgehead atoms. The minimum Gasteiger partial charge on any atom is -0.314 e. The van der Waals surface area contributed by atoms with E-state index in [-0.39, 0.29) is 0 Å². The van der Waals surface area contributed by atoms with E-state index in [2.05, 4.69) is 44.8 Å². The van der Waals surface area contributed by atoms with Crippen LogP contribution >= 0.6 is 0 Å². The smallest absolute Gasteiger partial charge is 0.00510 e. The molecule has 0 amide bonds. The molecular weight excluding hydrogens is 184 g/mol. The summed E-state index contributed by atoms with van der Waals surface area (Å²) in [6.45, 7) is 16.5. The molecule has 0 saturated carbocycles. The first-order valence-electron chi connectivity index (χ1n) is 6.32. The summed E-state index contributed by atoms with van der Waals surface area (Å²) in [4.78, 5) is 2.64. The summed E-state index contributed by atoms with van der Waals surface area (Å²) in [5.74, 6) is 0.773. The van der Waals surface area contributed by atoms with Crippen LogP contribution in [0.4, 0.5) is 0 Å². The van der Waals surface area contributed by atoms with E-state index in [1.807, 2.05) is 0 Å². The van der Waals surface area contributed by atoms with Gasteiger partial charge in [0.15, 0.2) is 0 Å². The van der Waals surface area contributed by atoms with Gasteiger partial charge in [-0.05, 0) is 37.8 Å². The third kappa shape index (κ3) is 5.53. The van der Waals surface area contributed by atoms with Gasteiger partial charge < -0.3 is 10.2 Å². The van der Waals surface area contributed by atoms with E-state index in [4.69, 9.17) is 0 Å². The molecular formula is C13H28N2. The average Bonchev–Trinajstić information content (AvgIpc) is 2.06. The number of nitrogens with zero attached hydrogens (tertiary/aromatic N) is 1. The van der Waals surface area contributed by atoms with Gasteiger partial charge in [0, 0.05) is 19.1 Å². The molecule has 90 valence electrons. The highest BCUT2D eigenvalue weighted by atomic mass is 15.1. The Bertz CT molecular complexity index is 183. The van der Waals surface area contributed by atoms with Gasteiger partial charge >= 0.3 is 0 Å². The monoisotopic (exact) mass is 212 g/mol. The first kappa shape index (κ1) is 13.0. The van der Waals surface area contributed by atoms with E-state index in [0.717, 1.165) is 5.92 Å². The van der Waals surface area contributed by atoms with Gasteiger partial charge in [0.05, 0.1) is 0 Å². The fourth-order valence-electron chi connectivity index (χ4n) is 2.29. The van der Waals surface area contributed by atoms with Gasteiger partial charge in [-0.3, -0.25) is 0 Å². The van der Waals surface area contributed by atoms with E-state index in [1.54, 1.807) is 0 Å². The van der Waals surface area contributed by atoms with Crippen LogP contribution < -0.4 is 5.32 Å². The Balaban J connectivity index is 2.47. The molecule has 1 aliphatic rings. The maximum absolute atomic E-state index is 3.59. The maximum Gasteiger partial charge on any atom is 0.00510 e. The topological polar surface area (TPSA) is 15.3 Å². The standard InChI is InChI=1S/C13H28N2/c1-11-8-14-12(2)6-7-15(9-11)10-13(3,4)5/h11-12,14H,6-10H2,1-5H3. The number of hydrogen-bond donors (Lipinski definition) is 1. The fraction of sp³-hybridized carbons (Fsp3) is 1.00. The molecule has 1 fully saturated rings. The number of rotatable bonds is 1. The molecule has 2 unspecified atom stereocenters. The van der Waals surface area contributed by atoms with Crippen molar-refractivity contribution in [3.63, 3.8) is 0 Å². The molecule has 2 nitrogen and oxygen atoms in total. The van der Waals surface area contributed by atoms with Crippen molar-refractivity contribution in [1.29, 1.82) is 0 Å². The lowest BCUT2D eigenvalue weighted by atomic mass is 9.95. The quantitative estimate of drug-likeness (QED) is 0.718. The third-order valence-corrected chi connectivity index (χ3v) is 2.96. The van der Waals surface area contributed by atoms with Gasteiger partial charge in [-0.15, -0.1) is 0 Å². The lowest BCUT2D eigenvalue weighted by Crippen LogP contribution is -2.44. The fourth-order valence-corrected chi connectivity index (χ4v) is 2.29. The van der Waals surface area contributed by atoms with Crippen LogP contribution in [-0.4, -0.2) is 37.1 Å². The number of nitrogens with one attached hydrogen (secondary N) is 1. The van der Waals surface area contributed by atoms with Crippen molar-refractivity contribution in [3.05, 3.63) is 0 Å². The summed E-state index contributed by atoms with van der Waals surface area (Å²) < 4.78 is 0. The van der Waals surface area contributed by atoms with Gasteiger partial charge in [-0.2, -0.15) is 0 Å². The Labute approximate surface area is 95.4 Å². The Morgan fingerprint density at radius 3 is 2.53 bits per heavy atom. The van der Waals surface area contributed by atoms with Crippen molar-refractivity contribution >= 4 is 0 Å². The Morgan fingerprint density at radius 2 is 1.93 bits per heavy atom. The normalized spacial score (nSPS) is 31.0. The predicted octanol–water partition coefficient (Wildman–Crippen LogP) is 2.35. The summed E-state index contributed by atoms with van der Waals surface area (Å²) in [6, 6.07) is 0.676. The molecule has 0 aliphatic carbocycles. The highest BCUT2D eigenvalue weighted by molar-refractivity contribution is 4.76. The second-order valence-electron chi connectivity index (χ2n) is 6.50. The maximum atomic E-state index is 3.59. The van der Waals surface area contributed by atoms with Crippen LogP contribution in [0, 0.1) is 11.3 Å². The van der Waals surface area contributed by atoms with Crippen LogP contribution in [0.15, 0.2) is 0 Å². The molecule has 0 aromatic rings. The van der Waals surface area contributed by atoms with Crippen molar-refractivity contribution in [3.8, 4) is 0 Å². The molecule has 1 N–H and O–H groups in total. The summed E-state index contributed by atoms with van der Waals surface area (Å²) >= 11 is 0. The van der Waals surface area contributed by atoms with Crippen molar-refractivity contribution in [2.75, 3.05) is 26.2 Å². The first-order valence-corrected chi connectivity index (χ1v) is 6.32. The van der Waals surface area contributed by atoms with Gasteiger partial charge in [0.1, 0.15) is 0 Å². The molecule has 1 aliphatic heterocycles.